The summed E-state index contributed by atoms with van der Waals surface area (Å²) < 4.78 is 5.52. The van der Waals surface area contributed by atoms with Crippen LogP contribution in [0.3, 0.4) is 0 Å². The number of ether oxygens (including phenoxy) is 1. The molecule has 0 unspecified atom stereocenters. The van der Waals surface area contributed by atoms with E-state index in [4.69, 9.17) is 9.73 Å². The van der Waals surface area contributed by atoms with Crippen molar-refractivity contribution in [3.05, 3.63) is 64.2 Å². The second kappa shape index (κ2) is 9.82. The third kappa shape index (κ3) is 5.40. The van der Waals surface area contributed by atoms with Gasteiger partial charge < -0.3 is 9.64 Å². The van der Waals surface area contributed by atoms with Gasteiger partial charge in [0.15, 0.2) is 5.78 Å². The zero-order valence-electron chi connectivity index (χ0n) is 16.5. The Kier molecular flexibility index (Phi) is 6.94. The Labute approximate surface area is 170 Å². The number of nitrogens with zero attached hydrogens (tertiary/aromatic N) is 3. The van der Waals surface area contributed by atoms with Gasteiger partial charge in [-0.25, -0.2) is 0 Å². The Morgan fingerprint density at radius 2 is 1.83 bits per heavy atom. The molecule has 152 valence electrons. The average molecular weight is 395 g/mol. The standard InChI is InChI=1S/C22H25N3O4/c1-2-29-20-13-11-18(12-14-20)24(22-6-4-3-5-15-23-22)16-21(26)17-7-9-19(10-8-17)25(27)28/h7-14H,2-6,15-16H2,1H3. The number of rotatable bonds is 7. The molecule has 0 saturated heterocycles. The second-order valence-electron chi connectivity index (χ2n) is 6.85. The first-order valence-electron chi connectivity index (χ1n) is 9.90. The number of amidine groups is 1. The zero-order chi connectivity index (χ0) is 20.6. The number of non-ortho nitro benzene ring substituents is 1. The monoisotopic (exact) mass is 395 g/mol. The van der Waals surface area contributed by atoms with Crippen LogP contribution >= 0.6 is 0 Å². The molecular weight excluding hydrogens is 370 g/mol. The summed E-state index contributed by atoms with van der Waals surface area (Å²) in [7, 11) is 0. The fraction of sp³-hybridized carbons (Fsp3) is 0.364. The van der Waals surface area contributed by atoms with E-state index in [0.717, 1.165) is 49.5 Å². The lowest BCUT2D eigenvalue weighted by molar-refractivity contribution is -0.384. The summed E-state index contributed by atoms with van der Waals surface area (Å²) in [6, 6.07) is 13.4. The van der Waals surface area contributed by atoms with E-state index in [9.17, 15) is 14.9 Å². The lowest BCUT2D eigenvalue weighted by Gasteiger charge is -2.26. The van der Waals surface area contributed by atoms with Crippen molar-refractivity contribution in [3.63, 3.8) is 0 Å². The minimum absolute atomic E-state index is 0.0296. The molecule has 0 radical (unpaired) electrons. The molecule has 1 heterocycles. The fourth-order valence-electron chi connectivity index (χ4n) is 3.30. The van der Waals surface area contributed by atoms with Gasteiger partial charge in [-0.05, 0) is 56.2 Å². The highest BCUT2D eigenvalue weighted by Crippen LogP contribution is 2.23. The van der Waals surface area contributed by atoms with Crippen LogP contribution in [-0.4, -0.2) is 36.2 Å². The van der Waals surface area contributed by atoms with Gasteiger partial charge >= 0.3 is 0 Å². The number of Topliss-reactive ketones (excluding diaryl/α,β-unsaturated/α-hetero) is 1. The van der Waals surface area contributed by atoms with Gasteiger partial charge in [-0.3, -0.25) is 19.9 Å². The van der Waals surface area contributed by atoms with Crippen LogP contribution < -0.4 is 9.64 Å². The normalized spacial score (nSPS) is 13.9. The molecule has 0 amide bonds. The molecule has 1 aliphatic heterocycles. The minimum Gasteiger partial charge on any atom is -0.494 e. The van der Waals surface area contributed by atoms with Gasteiger partial charge in [0, 0.05) is 36.3 Å². The topological polar surface area (TPSA) is 85.0 Å². The van der Waals surface area contributed by atoms with Crippen molar-refractivity contribution >= 4 is 23.0 Å². The van der Waals surface area contributed by atoms with Gasteiger partial charge in [-0.1, -0.05) is 6.42 Å². The first-order valence-corrected chi connectivity index (χ1v) is 9.90. The molecular formula is C22H25N3O4. The van der Waals surface area contributed by atoms with Crippen molar-refractivity contribution in [2.45, 2.75) is 32.6 Å². The lowest BCUT2D eigenvalue weighted by Crippen LogP contribution is -2.36. The number of nitro benzene ring substituents is 1. The van der Waals surface area contributed by atoms with E-state index in [1.165, 1.54) is 24.3 Å². The van der Waals surface area contributed by atoms with Gasteiger partial charge in [-0.2, -0.15) is 0 Å². The van der Waals surface area contributed by atoms with Crippen LogP contribution in [0.5, 0.6) is 5.75 Å². The van der Waals surface area contributed by atoms with Gasteiger partial charge in [0.25, 0.3) is 5.69 Å². The van der Waals surface area contributed by atoms with Gasteiger partial charge in [0.1, 0.15) is 11.6 Å². The quantitative estimate of drug-likeness (QED) is 0.387. The Morgan fingerprint density at radius 1 is 1.10 bits per heavy atom. The number of benzene rings is 2. The maximum atomic E-state index is 12.9. The van der Waals surface area contributed by atoms with E-state index >= 15 is 0 Å². The van der Waals surface area contributed by atoms with Crippen LogP contribution in [0.1, 0.15) is 43.0 Å². The Balaban J connectivity index is 1.85. The number of ketones is 1. The second-order valence-corrected chi connectivity index (χ2v) is 6.85. The highest BCUT2D eigenvalue weighted by atomic mass is 16.6. The summed E-state index contributed by atoms with van der Waals surface area (Å²) in [4.78, 5) is 30.0. The Morgan fingerprint density at radius 3 is 2.48 bits per heavy atom. The van der Waals surface area contributed by atoms with Crippen molar-refractivity contribution < 1.29 is 14.5 Å². The number of hydrogen-bond donors (Lipinski definition) is 0. The Hall–Kier alpha value is -3.22. The summed E-state index contributed by atoms with van der Waals surface area (Å²) in [6.07, 6.45) is 4.04. The number of carbonyl (C=O) groups excluding carboxylic acids is 1. The summed E-state index contributed by atoms with van der Waals surface area (Å²) in [5.41, 5.74) is 1.29. The van der Waals surface area contributed by atoms with E-state index in [2.05, 4.69) is 0 Å². The molecule has 2 aromatic rings. The summed E-state index contributed by atoms with van der Waals surface area (Å²) in [6.45, 7) is 3.41. The third-order valence-corrected chi connectivity index (χ3v) is 4.83. The first kappa shape index (κ1) is 20.5. The molecule has 1 aliphatic rings. The maximum absolute atomic E-state index is 12.9. The van der Waals surface area contributed by atoms with Crippen molar-refractivity contribution in [2.24, 2.45) is 4.99 Å². The number of carbonyl (C=O) groups is 1. The first-order chi connectivity index (χ1) is 14.1. The number of hydrogen-bond acceptors (Lipinski definition) is 6. The molecule has 2 aromatic carbocycles. The highest BCUT2D eigenvalue weighted by Gasteiger charge is 2.20. The van der Waals surface area contributed by atoms with Gasteiger partial charge in [-0.15, -0.1) is 0 Å². The molecule has 0 spiro atoms. The van der Waals surface area contributed by atoms with Crippen LogP contribution in [0.15, 0.2) is 53.5 Å². The fourth-order valence-corrected chi connectivity index (χ4v) is 3.30. The van der Waals surface area contributed by atoms with Crippen molar-refractivity contribution in [1.82, 2.24) is 0 Å². The summed E-state index contributed by atoms with van der Waals surface area (Å²) >= 11 is 0. The van der Waals surface area contributed by atoms with E-state index in [1.54, 1.807) is 0 Å². The SMILES string of the molecule is CCOc1ccc(N(CC(=O)c2ccc([N+](=O)[O-])cc2)C2=NCCCCC2)cc1. The van der Waals surface area contributed by atoms with Crippen LogP contribution in [0.2, 0.25) is 0 Å². The van der Waals surface area contributed by atoms with E-state index < -0.39 is 4.92 Å². The zero-order valence-corrected chi connectivity index (χ0v) is 16.5. The largest absolute Gasteiger partial charge is 0.494 e. The molecule has 3 rings (SSSR count). The number of nitro groups is 1. The molecule has 0 fully saturated rings. The Bertz CT molecular complexity index is 876. The molecule has 0 aliphatic carbocycles. The molecule has 0 saturated carbocycles. The minimum atomic E-state index is -0.471. The predicted octanol–water partition coefficient (Wildman–Crippen LogP) is 4.66. The van der Waals surface area contributed by atoms with Crippen molar-refractivity contribution in [2.75, 3.05) is 24.6 Å². The maximum Gasteiger partial charge on any atom is 0.269 e. The number of anilines is 1. The van der Waals surface area contributed by atoms with Crippen LogP contribution in [0, 0.1) is 10.1 Å². The summed E-state index contributed by atoms with van der Waals surface area (Å²) in [5, 5.41) is 10.8. The predicted molar refractivity (Wildman–Crippen MR) is 113 cm³/mol. The van der Waals surface area contributed by atoms with Crippen LogP contribution in [-0.2, 0) is 0 Å². The van der Waals surface area contributed by atoms with E-state index in [1.807, 2.05) is 36.1 Å². The van der Waals surface area contributed by atoms with Gasteiger partial charge in [0.2, 0.25) is 0 Å². The smallest absolute Gasteiger partial charge is 0.269 e. The summed E-state index contributed by atoms with van der Waals surface area (Å²) in [5.74, 6) is 1.57. The van der Waals surface area contributed by atoms with E-state index in [-0.39, 0.29) is 18.0 Å². The molecule has 0 aromatic heterocycles. The molecule has 7 heteroatoms. The highest BCUT2D eigenvalue weighted by molar-refractivity contribution is 6.07. The molecule has 0 atom stereocenters. The van der Waals surface area contributed by atoms with E-state index in [0.29, 0.717) is 12.2 Å². The molecule has 7 nitrogen and oxygen atoms in total. The van der Waals surface area contributed by atoms with Crippen LogP contribution in [0.4, 0.5) is 11.4 Å². The average Bonchev–Trinajstić information content (AvgIpc) is 3.02. The van der Waals surface area contributed by atoms with Crippen molar-refractivity contribution in [1.29, 1.82) is 0 Å². The lowest BCUT2D eigenvalue weighted by atomic mass is 10.1. The van der Waals surface area contributed by atoms with Gasteiger partial charge in [0.05, 0.1) is 18.1 Å². The molecule has 29 heavy (non-hydrogen) atoms. The van der Waals surface area contributed by atoms with Crippen molar-refractivity contribution in [3.8, 4) is 5.75 Å². The number of aliphatic imine (C=N–C) groups is 1. The van der Waals surface area contributed by atoms with Crippen LogP contribution in [0.25, 0.3) is 0 Å². The molecule has 0 N–H and O–H groups in total. The molecule has 0 bridgehead atoms. The third-order valence-electron chi connectivity index (χ3n) is 4.83.